The minimum absolute atomic E-state index is 0.695. The fourth-order valence-corrected chi connectivity index (χ4v) is 3.90. The lowest BCUT2D eigenvalue weighted by Gasteiger charge is -2.34. The topological polar surface area (TPSA) is 71.3 Å². The van der Waals surface area contributed by atoms with E-state index < -0.39 is 0 Å². The van der Waals surface area contributed by atoms with Gasteiger partial charge in [0.1, 0.15) is 28.8 Å². The van der Waals surface area contributed by atoms with Crippen molar-refractivity contribution in [3.05, 3.63) is 61.1 Å². The number of hydrogen-bond donors (Lipinski definition) is 1. The van der Waals surface area contributed by atoms with Gasteiger partial charge in [0.05, 0.1) is 13.3 Å². The second-order valence-corrected chi connectivity index (χ2v) is 7.65. The molecule has 158 valence electrons. The fraction of sp³-hybridized carbons (Fsp3) is 0.261. The van der Waals surface area contributed by atoms with E-state index in [-0.39, 0.29) is 0 Å². The van der Waals surface area contributed by atoms with Gasteiger partial charge in [0.2, 0.25) is 0 Å². The van der Waals surface area contributed by atoms with Crippen LogP contribution in [0.5, 0.6) is 5.75 Å². The van der Waals surface area contributed by atoms with Gasteiger partial charge in [-0.25, -0.2) is 14.6 Å². The van der Waals surface area contributed by atoms with Gasteiger partial charge in [-0.1, -0.05) is 12.1 Å². The Bertz CT molecular complexity index is 1180. The number of anilines is 3. The molecule has 1 N–H and O–H groups in total. The minimum Gasteiger partial charge on any atom is -0.494 e. The summed E-state index contributed by atoms with van der Waals surface area (Å²) in [6, 6.07) is 16.3. The Morgan fingerprint density at radius 2 is 1.71 bits per heavy atom. The Hall–Kier alpha value is -3.65. The van der Waals surface area contributed by atoms with Crippen LogP contribution < -0.4 is 15.0 Å². The van der Waals surface area contributed by atoms with Crippen molar-refractivity contribution >= 4 is 28.2 Å². The smallest absolute Gasteiger partial charge is 0.160 e. The number of para-hydroxylation sites is 2. The molecule has 0 amide bonds. The van der Waals surface area contributed by atoms with Crippen LogP contribution in [0.4, 0.5) is 17.2 Å². The molecule has 2 aromatic heterocycles. The molecule has 8 nitrogen and oxygen atoms in total. The Labute approximate surface area is 181 Å². The Balaban J connectivity index is 1.45. The monoisotopic (exact) mass is 415 g/mol. The largest absolute Gasteiger partial charge is 0.494 e. The van der Waals surface area contributed by atoms with Crippen LogP contribution in [0, 0.1) is 0 Å². The first-order valence-corrected chi connectivity index (χ1v) is 10.4. The molecule has 31 heavy (non-hydrogen) atoms. The standard InChI is InChI=1S/C23H25N7O/c1-28-11-13-29(14-12-28)18-9-7-17(8-10-18)27-23-22-19(24-16-25-23)15-26-30(22)20-5-3-4-6-21(20)31-2/h3-10,15-16H,11-14H2,1-2H3,(H,24,25,27). The first kappa shape index (κ1) is 19.3. The van der Waals surface area contributed by atoms with Crippen molar-refractivity contribution in [3.63, 3.8) is 0 Å². The Kier molecular flexibility index (Phi) is 5.13. The summed E-state index contributed by atoms with van der Waals surface area (Å²) < 4.78 is 7.34. The van der Waals surface area contributed by atoms with Gasteiger partial charge < -0.3 is 19.9 Å². The Morgan fingerprint density at radius 3 is 2.48 bits per heavy atom. The van der Waals surface area contributed by atoms with Gasteiger partial charge >= 0.3 is 0 Å². The van der Waals surface area contributed by atoms with Crippen molar-refractivity contribution in [1.29, 1.82) is 0 Å². The molecule has 1 aliphatic rings. The molecule has 5 rings (SSSR count). The number of likely N-dealkylation sites (N-methyl/N-ethyl adjacent to an activating group) is 1. The summed E-state index contributed by atoms with van der Waals surface area (Å²) in [7, 11) is 3.82. The summed E-state index contributed by atoms with van der Waals surface area (Å²) in [5, 5.41) is 7.98. The van der Waals surface area contributed by atoms with E-state index in [1.54, 1.807) is 19.6 Å². The number of fused-ring (bicyclic) bond motifs is 1. The van der Waals surface area contributed by atoms with Crippen molar-refractivity contribution in [2.45, 2.75) is 0 Å². The highest BCUT2D eigenvalue weighted by molar-refractivity contribution is 5.89. The molecule has 0 unspecified atom stereocenters. The van der Waals surface area contributed by atoms with Crippen LogP contribution in [0.3, 0.4) is 0 Å². The fourth-order valence-electron chi connectivity index (χ4n) is 3.90. The first-order valence-electron chi connectivity index (χ1n) is 10.4. The van der Waals surface area contributed by atoms with E-state index in [1.165, 1.54) is 5.69 Å². The van der Waals surface area contributed by atoms with Crippen molar-refractivity contribution in [3.8, 4) is 11.4 Å². The third-order valence-corrected chi connectivity index (χ3v) is 5.67. The Morgan fingerprint density at radius 1 is 0.935 bits per heavy atom. The molecule has 0 radical (unpaired) electrons. The summed E-state index contributed by atoms with van der Waals surface area (Å²) in [6.07, 6.45) is 3.29. The number of aromatic nitrogens is 4. The summed E-state index contributed by atoms with van der Waals surface area (Å²) in [5.74, 6) is 1.43. The molecule has 0 spiro atoms. The number of ether oxygens (including phenoxy) is 1. The van der Waals surface area contributed by atoms with E-state index in [4.69, 9.17) is 4.74 Å². The van der Waals surface area contributed by atoms with Crippen molar-refractivity contribution in [2.24, 2.45) is 0 Å². The molecular weight excluding hydrogens is 390 g/mol. The molecule has 0 saturated carbocycles. The van der Waals surface area contributed by atoms with Crippen LogP contribution in [0.2, 0.25) is 0 Å². The first-order chi connectivity index (χ1) is 15.2. The molecule has 1 fully saturated rings. The zero-order valence-electron chi connectivity index (χ0n) is 17.7. The predicted octanol–water partition coefficient (Wildman–Crippen LogP) is 3.32. The predicted molar refractivity (Wildman–Crippen MR) is 123 cm³/mol. The van der Waals surface area contributed by atoms with Gasteiger partial charge in [-0.05, 0) is 43.4 Å². The van der Waals surface area contributed by atoms with E-state index in [2.05, 4.69) is 61.5 Å². The lowest BCUT2D eigenvalue weighted by Crippen LogP contribution is -2.44. The molecule has 0 aliphatic carbocycles. The molecule has 4 aromatic rings. The van der Waals surface area contributed by atoms with E-state index in [0.717, 1.165) is 54.3 Å². The highest BCUT2D eigenvalue weighted by Crippen LogP contribution is 2.30. The molecule has 8 heteroatoms. The second-order valence-electron chi connectivity index (χ2n) is 7.65. The molecule has 3 heterocycles. The zero-order chi connectivity index (χ0) is 21.2. The van der Waals surface area contributed by atoms with Crippen molar-refractivity contribution in [1.82, 2.24) is 24.6 Å². The lowest BCUT2D eigenvalue weighted by atomic mass is 10.2. The van der Waals surface area contributed by atoms with Crippen molar-refractivity contribution in [2.75, 3.05) is 50.6 Å². The van der Waals surface area contributed by atoms with E-state index >= 15 is 0 Å². The third-order valence-electron chi connectivity index (χ3n) is 5.67. The van der Waals surface area contributed by atoms with Gasteiger partial charge in [-0.15, -0.1) is 0 Å². The number of methoxy groups -OCH3 is 1. The van der Waals surface area contributed by atoms with Gasteiger partial charge in [0.15, 0.2) is 5.82 Å². The van der Waals surface area contributed by atoms with E-state index in [9.17, 15) is 0 Å². The molecule has 2 aromatic carbocycles. The van der Waals surface area contributed by atoms with E-state index in [0.29, 0.717) is 5.82 Å². The maximum Gasteiger partial charge on any atom is 0.160 e. The number of rotatable bonds is 5. The summed E-state index contributed by atoms with van der Waals surface area (Å²) >= 11 is 0. The van der Waals surface area contributed by atoms with Crippen LogP contribution in [0.25, 0.3) is 16.7 Å². The highest BCUT2D eigenvalue weighted by Gasteiger charge is 2.16. The molecule has 1 aliphatic heterocycles. The van der Waals surface area contributed by atoms with Crippen LogP contribution in [-0.4, -0.2) is 65.0 Å². The van der Waals surface area contributed by atoms with Gasteiger partial charge in [-0.3, -0.25) is 0 Å². The van der Waals surface area contributed by atoms with Crippen molar-refractivity contribution < 1.29 is 4.74 Å². The van der Waals surface area contributed by atoms with Crippen LogP contribution in [0.15, 0.2) is 61.1 Å². The molecule has 1 saturated heterocycles. The molecule has 0 bridgehead atoms. The average molecular weight is 416 g/mol. The minimum atomic E-state index is 0.695. The zero-order valence-corrected chi connectivity index (χ0v) is 17.7. The third kappa shape index (κ3) is 3.77. The van der Waals surface area contributed by atoms with Gasteiger partial charge in [0, 0.05) is 37.6 Å². The number of benzene rings is 2. The molecular formula is C23H25N7O. The quantitative estimate of drug-likeness (QED) is 0.536. The highest BCUT2D eigenvalue weighted by atomic mass is 16.5. The average Bonchev–Trinajstić information content (AvgIpc) is 3.25. The van der Waals surface area contributed by atoms with Gasteiger partial charge in [-0.2, -0.15) is 5.10 Å². The van der Waals surface area contributed by atoms with Crippen LogP contribution >= 0.6 is 0 Å². The summed E-state index contributed by atoms with van der Waals surface area (Å²) in [6.45, 7) is 4.28. The number of piperazine rings is 1. The maximum atomic E-state index is 5.52. The SMILES string of the molecule is COc1ccccc1-n1ncc2ncnc(Nc3ccc(N4CCN(C)CC4)cc3)c21. The maximum absolute atomic E-state index is 5.52. The van der Waals surface area contributed by atoms with Gasteiger partial charge in [0.25, 0.3) is 0 Å². The lowest BCUT2D eigenvalue weighted by molar-refractivity contribution is 0.313. The van der Waals surface area contributed by atoms with Crippen LogP contribution in [-0.2, 0) is 0 Å². The number of hydrogen-bond acceptors (Lipinski definition) is 7. The number of nitrogens with zero attached hydrogens (tertiary/aromatic N) is 6. The summed E-state index contributed by atoms with van der Waals surface area (Å²) in [4.78, 5) is 13.7. The normalized spacial score (nSPS) is 14.7. The molecule has 0 atom stereocenters. The summed E-state index contributed by atoms with van der Waals surface area (Å²) in [5.41, 5.74) is 4.60. The second kappa shape index (κ2) is 8.23. The van der Waals surface area contributed by atoms with E-state index in [1.807, 2.05) is 28.9 Å². The van der Waals surface area contributed by atoms with Crippen LogP contribution in [0.1, 0.15) is 0 Å². The number of nitrogens with one attached hydrogen (secondary N) is 1.